The molecule has 2 aliphatic rings. The Bertz CT molecular complexity index is 910. The van der Waals surface area contributed by atoms with E-state index in [2.05, 4.69) is 37.9 Å². The third-order valence-corrected chi connectivity index (χ3v) is 5.67. The van der Waals surface area contributed by atoms with Gasteiger partial charge in [-0.15, -0.1) is 0 Å². The van der Waals surface area contributed by atoms with E-state index in [0.717, 1.165) is 8.95 Å². The Morgan fingerprint density at radius 3 is 2.65 bits per heavy atom. The highest BCUT2D eigenvalue weighted by Gasteiger charge is 2.44. The predicted octanol–water partition coefficient (Wildman–Crippen LogP) is 4.67. The van der Waals surface area contributed by atoms with Gasteiger partial charge in [0, 0.05) is 28.5 Å². The molecule has 0 spiro atoms. The van der Waals surface area contributed by atoms with Crippen LogP contribution in [-0.4, -0.2) is 12.9 Å². The summed E-state index contributed by atoms with van der Waals surface area (Å²) in [5.74, 6) is 0.506. The van der Waals surface area contributed by atoms with E-state index in [0.29, 0.717) is 35.5 Å². The fourth-order valence-electron chi connectivity index (χ4n) is 3.61. The number of benzene rings is 1. The molecule has 7 heteroatoms. The maximum atomic E-state index is 13.0. The lowest BCUT2D eigenvalue weighted by atomic mass is 9.70. The molecule has 1 aliphatic heterocycles. The second kappa shape index (κ2) is 6.75. The molecule has 0 saturated carbocycles. The second-order valence-corrected chi connectivity index (χ2v) is 8.98. The largest absolute Gasteiger partial charge is 0.495 e. The number of nitriles is 1. The number of halogens is 2. The summed E-state index contributed by atoms with van der Waals surface area (Å²) in [5, 5.41) is 9.71. The van der Waals surface area contributed by atoms with Crippen molar-refractivity contribution in [1.29, 1.82) is 5.26 Å². The van der Waals surface area contributed by atoms with Gasteiger partial charge < -0.3 is 15.2 Å². The Morgan fingerprint density at radius 1 is 1.35 bits per heavy atom. The number of ketones is 1. The predicted molar refractivity (Wildman–Crippen MR) is 104 cm³/mol. The minimum Gasteiger partial charge on any atom is -0.495 e. The van der Waals surface area contributed by atoms with Gasteiger partial charge in [0.05, 0.1) is 17.5 Å². The Hall–Kier alpha value is -1.78. The summed E-state index contributed by atoms with van der Waals surface area (Å²) >= 11 is 6.96. The standard InChI is InChI=1S/C19H18Br2N2O3/c1-19(2)6-13(24)16-14(7-19)26-18(23)11(8-22)15(16)10-4-9(20)5-12(21)17(10)25-3/h4-5,15H,6-7,23H2,1-3H3/t15-/m1/s1. The van der Waals surface area contributed by atoms with Gasteiger partial charge in [0.15, 0.2) is 5.78 Å². The molecule has 0 unspecified atom stereocenters. The van der Waals surface area contributed by atoms with Crippen molar-refractivity contribution in [3.8, 4) is 11.8 Å². The molecule has 1 atom stereocenters. The average Bonchev–Trinajstić information content (AvgIpc) is 2.51. The van der Waals surface area contributed by atoms with E-state index in [1.807, 2.05) is 26.0 Å². The zero-order chi connectivity index (χ0) is 19.2. The van der Waals surface area contributed by atoms with Gasteiger partial charge in [-0.1, -0.05) is 29.8 Å². The van der Waals surface area contributed by atoms with Crippen LogP contribution in [0.4, 0.5) is 0 Å². The van der Waals surface area contributed by atoms with Gasteiger partial charge in [0.2, 0.25) is 5.88 Å². The minimum atomic E-state index is -0.615. The van der Waals surface area contributed by atoms with Crippen LogP contribution in [0, 0.1) is 16.7 Å². The number of methoxy groups -OCH3 is 1. The summed E-state index contributed by atoms with van der Waals surface area (Å²) in [6, 6.07) is 5.82. The van der Waals surface area contributed by atoms with Crippen molar-refractivity contribution >= 4 is 37.6 Å². The number of allylic oxidation sites excluding steroid dienone is 3. The van der Waals surface area contributed by atoms with Gasteiger partial charge in [-0.3, -0.25) is 4.79 Å². The van der Waals surface area contributed by atoms with Gasteiger partial charge >= 0.3 is 0 Å². The Kier molecular flexibility index (Phi) is 4.93. The van der Waals surface area contributed by atoms with Gasteiger partial charge in [0.1, 0.15) is 23.2 Å². The highest BCUT2D eigenvalue weighted by molar-refractivity contribution is 9.11. The number of nitrogens with two attached hydrogens (primary N) is 1. The van der Waals surface area contributed by atoms with E-state index < -0.39 is 5.92 Å². The van der Waals surface area contributed by atoms with Crippen molar-refractivity contribution < 1.29 is 14.3 Å². The lowest BCUT2D eigenvalue weighted by Crippen LogP contribution is -2.33. The Balaban J connectivity index is 2.29. The molecule has 0 bridgehead atoms. The normalized spacial score (nSPS) is 21.8. The van der Waals surface area contributed by atoms with Crippen molar-refractivity contribution in [2.24, 2.45) is 11.1 Å². The van der Waals surface area contributed by atoms with E-state index in [4.69, 9.17) is 15.2 Å². The van der Waals surface area contributed by atoms with Crippen molar-refractivity contribution in [2.45, 2.75) is 32.6 Å². The zero-order valence-electron chi connectivity index (χ0n) is 14.7. The van der Waals surface area contributed by atoms with Crippen LogP contribution in [0.5, 0.6) is 5.75 Å². The topological polar surface area (TPSA) is 85.3 Å². The minimum absolute atomic E-state index is 0.0281. The smallest absolute Gasteiger partial charge is 0.205 e. The molecule has 3 rings (SSSR count). The Morgan fingerprint density at radius 2 is 2.04 bits per heavy atom. The highest BCUT2D eigenvalue weighted by Crippen LogP contribution is 2.50. The van der Waals surface area contributed by atoms with Crippen molar-refractivity contribution in [3.05, 3.63) is 49.4 Å². The molecule has 0 radical (unpaired) electrons. The number of rotatable bonds is 2. The van der Waals surface area contributed by atoms with Crippen LogP contribution in [0.25, 0.3) is 0 Å². The van der Waals surface area contributed by atoms with Crippen LogP contribution >= 0.6 is 31.9 Å². The first kappa shape index (κ1) is 19.0. The first-order valence-electron chi connectivity index (χ1n) is 8.05. The molecular weight excluding hydrogens is 464 g/mol. The summed E-state index contributed by atoms with van der Waals surface area (Å²) in [4.78, 5) is 13.0. The van der Waals surface area contributed by atoms with Crippen molar-refractivity contribution in [1.82, 2.24) is 0 Å². The highest BCUT2D eigenvalue weighted by atomic mass is 79.9. The van der Waals surface area contributed by atoms with Gasteiger partial charge in [-0.2, -0.15) is 5.26 Å². The van der Waals surface area contributed by atoms with Crippen LogP contribution in [0.15, 0.2) is 43.9 Å². The van der Waals surface area contributed by atoms with Crippen molar-refractivity contribution in [2.75, 3.05) is 7.11 Å². The fraction of sp³-hybridized carbons (Fsp3) is 0.368. The molecule has 26 heavy (non-hydrogen) atoms. The Labute approximate surface area is 169 Å². The molecule has 2 N–H and O–H groups in total. The number of hydrogen-bond donors (Lipinski definition) is 1. The molecule has 0 aromatic heterocycles. The third-order valence-electron chi connectivity index (χ3n) is 4.63. The lowest BCUT2D eigenvalue weighted by molar-refractivity contribution is -0.119. The molecule has 0 fully saturated rings. The quantitative estimate of drug-likeness (QED) is 0.663. The molecule has 0 amide bonds. The molecular formula is C19H18Br2N2O3. The second-order valence-electron chi connectivity index (χ2n) is 7.21. The fourth-order valence-corrected chi connectivity index (χ4v) is 5.03. The number of nitrogens with zero attached hydrogens (tertiary/aromatic N) is 1. The van der Waals surface area contributed by atoms with Crippen LogP contribution < -0.4 is 10.5 Å². The molecule has 5 nitrogen and oxygen atoms in total. The molecule has 1 heterocycles. The number of hydrogen-bond acceptors (Lipinski definition) is 5. The van der Waals surface area contributed by atoms with E-state index in [9.17, 15) is 10.1 Å². The summed E-state index contributed by atoms with van der Waals surface area (Å²) < 4.78 is 12.8. The van der Waals surface area contributed by atoms with Crippen LogP contribution in [0.1, 0.15) is 38.2 Å². The number of carbonyl (C=O) groups is 1. The SMILES string of the molecule is COc1c(Br)cc(Br)cc1[C@@H]1C(C#N)=C(N)OC2=C1C(=O)CC(C)(C)C2. The summed E-state index contributed by atoms with van der Waals surface area (Å²) in [6.45, 7) is 4.03. The van der Waals surface area contributed by atoms with Gasteiger partial charge in [-0.25, -0.2) is 0 Å². The first-order chi connectivity index (χ1) is 12.2. The number of carbonyl (C=O) groups excluding carboxylic acids is 1. The molecule has 1 aromatic carbocycles. The lowest BCUT2D eigenvalue weighted by Gasteiger charge is -2.37. The summed E-state index contributed by atoms with van der Waals surface area (Å²) in [6.07, 6.45) is 0.975. The summed E-state index contributed by atoms with van der Waals surface area (Å²) in [7, 11) is 1.55. The third kappa shape index (κ3) is 3.17. The molecule has 1 aromatic rings. The first-order valence-corrected chi connectivity index (χ1v) is 9.64. The average molecular weight is 482 g/mol. The summed E-state index contributed by atoms with van der Waals surface area (Å²) in [5.41, 5.74) is 7.25. The van der Waals surface area contributed by atoms with E-state index in [-0.39, 0.29) is 22.7 Å². The van der Waals surface area contributed by atoms with Crippen LogP contribution in [0.2, 0.25) is 0 Å². The molecule has 0 saturated heterocycles. The maximum absolute atomic E-state index is 13.0. The van der Waals surface area contributed by atoms with Gasteiger partial charge in [-0.05, 0) is 33.5 Å². The van der Waals surface area contributed by atoms with Gasteiger partial charge in [0.25, 0.3) is 0 Å². The number of ether oxygens (including phenoxy) is 2. The molecule has 136 valence electrons. The van der Waals surface area contributed by atoms with Crippen LogP contribution in [0.3, 0.4) is 0 Å². The number of Topliss-reactive ketones (excluding diaryl/α,β-unsaturated/α-hetero) is 1. The van der Waals surface area contributed by atoms with E-state index in [1.165, 1.54) is 0 Å². The van der Waals surface area contributed by atoms with Crippen molar-refractivity contribution in [3.63, 3.8) is 0 Å². The van der Waals surface area contributed by atoms with E-state index in [1.54, 1.807) is 7.11 Å². The maximum Gasteiger partial charge on any atom is 0.205 e. The van der Waals surface area contributed by atoms with E-state index >= 15 is 0 Å². The zero-order valence-corrected chi connectivity index (χ0v) is 17.8. The monoisotopic (exact) mass is 480 g/mol. The molecule has 1 aliphatic carbocycles. The van der Waals surface area contributed by atoms with Crippen LogP contribution in [-0.2, 0) is 9.53 Å².